The molecule has 2 aromatic carbocycles. The summed E-state index contributed by atoms with van der Waals surface area (Å²) in [6, 6.07) is 12.7. The summed E-state index contributed by atoms with van der Waals surface area (Å²) in [5, 5.41) is 4.82. The molecule has 0 saturated carbocycles. The summed E-state index contributed by atoms with van der Waals surface area (Å²) >= 11 is 12.5. The Morgan fingerprint density at radius 2 is 2.04 bits per heavy atom. The van der Waals surface area contributed by atoms with Crippen LogP contribution in [-0.2, 0) is 0 Å². The van der Waals surface area contributed by atoms with Gasteiger partial charge in [0.2, 0.25) is 0 Å². The van der Waals surface area contributed by atoms with E-state index >= 15 is 0 Å². The molecule has 0 aliphatic carbocycles. The van der Waals surface area contributed by atoms with E-state index in [2.05, 4.69) is 51.8 Å². The standard InChI is InChI=1S/C20H22Cl2N4/c1-13-11-25(8-7-23-13)16-4-6-19-20(10-16)26(12-24-19)14(2)17-5-3-15(21)9-18(17)22/h3-6,9-10,12-14,23H,7-8,11H2,1-2H3/t13?,14-/m1/s1. The fourth-order valence-corrected chi connectivity index (χ4v) is 4.24. The molecule has 2 heterocycles. The first-order valence-electron chi connectivity index (χ1n) is 8.93. The molecular weight excluding hydrogens is 367 g/mol. The first kappa shape index (κ1) is 17.7. The zero-order valence-corrected chi connectivity index (χ0v) is 16.4. The molecule has 1 aromatic heterocycles. The number of anilines is 1. The summed E-state index contributed by atoms with van der Waals surface area (Å²) in [7, 11) is 0. The molecule has 1 N–H and O–H groups in total. The van der Waals surface area contributed by atoms with Crippen molar-refractivity contribution in [2.45, 2.75) is 25.9 Å². The number of piperazine rings is 1. The van der Waals surface area contributed by atoms with E-state index in [-0.39, 0.29) is 6.04 Å². The molecule has 3 aromatic rings. The fraction of sp³-hybridized carbons (Fsp3) is 0.350. The van der Waals surface area contributed by atoms with Crippen molar-refractivity contribution in [1.82, 2.24) is 14.9 Å². The van der Waals surface area contributed by atoms with Gasteiger partial charge in [-0.25, -0.2) is 4.98 Å². The van der Waals surface area contributed by atoms with E-state index in [4.69, 9.17) is 23.2 Å². The van der Waals surface area contributed by atoms with Crippen LogP contribution in [0.1, 0.15) is 25.5 Å². The van der Waals surface area contributed by atoms with E-state index in [1.807, 2.05) is 18.5 Å². The zero-order chi connectivity index (χ0) is 18.3. The molecule has 1 unspecified atom stereocenters. The molecule has 4 nitrogen and oxygen atoms in total. The maximum Gasteiger partial charge on any atom is 0.0964 e. The Hall–Kier alpha value is -1.75. The predicted molar refractivity (Wildman–Crippen MR) is 110 cm³/mol. The summed E-state index contributed by atoms with van der Waals surface area (Å²) < 4.78 is 2.18. The number of nitrogens with one attached hydrogen (secondary N) is 1. The molecule has 1 fully saturated rings. The van der Waals surface area contributed by atoms with Gasteiger partial charge < -0.3 is 14.8 Å². The van der Waals surface area contributed by atoms with Crippen LogP contribution in [0, 0.1) is 0 Å². The number of benzene rings is 2. The number of nitrogens with zero attached hydrogens (tertiary/aromatic N) is 3. The number of hydrogen-bond acceptors (Lipinski definition) is 3. The molecule has 4 rings (SSSR count). The van der Waals surface area contributed by atoms with E-state index in [1.165, 1.54) is 5.69 Å². The molecule has 0 bridgehead atoms. The Balaban J connectivity index is 1.72. The monoisotopic (exact) mass is 388 g/mol. The minimum atomic E-state index is 0.0713. The van der Waals surface area contributed by atoms with Gasteiger partial charge in [0.05, 0.1) is 23.4 Å². The second-order valence-corrected chi connectivity index (χ2v) is 7.81. The fourth-order valence-electron chi connectivity index (χ4n) is 3.68. The van der Waals surface area contributed by atoms with Gasteiger partial charge in [-0.2, -0.15) is 0 Å². The van der Waals surface area contributed by atoms with E-state index in [9.17, 15) is 0 Å². The highest BCUT2D eigenvalue weighted by Crippen LogP contribution is 2.32. The molecule has 136 valence electrons. The van der Waals surface area contributed by atoms with Crippen LogP contribution in [0.4, 0.5) is 5.69 Å². The Morgan fingerprint density at radius 3 is 2.81 bits per heavy atom. The van der Waals surface area contributed by atoms with Gasteiger partial charge in [-0.1, -0.05) is 29.3 Å². The maximum absolute atomic E-state index is 6.43. The first-order chi connectivity index (χ1) is 12.5. The molecule has 0 amide bonds. The van der Waals surface area contributed by atoms with Crippen molar-refractivity contribution in [2.24, 2.45) is 0 Å². The number of imidazole rings is 1. The van der Waals surface area contributed by atoms with Crippen LogP contribution in [0.15, 0.2) is 42.7 Å². The summed E-state index contributed by atoms with van der Waals surface area (Å²) in [5.74, 6) is 0. The summed E-state index contributed by atoms with van der Waals surface area (Å²) in [6.45, 7) is 7.39. The van der Waals surface area contributed by atoms with E-state index < -0.39 is 0 Å². The van der Waals surface area contributed by atoms with Gasteiger partial charge in [-0.05, 0) is 49.7 Å². The quantitative estimate of drug-likeness (QED) is 0.702. The molecule has 0 spiro atoms. The zero-order valence-electron chi connectivity index (χ0n) is 14.9. The van der Waals surface area contributed by atoms with Crippen LogP contribution >= 0.6 is 23.2 Å². The van der Waals surface area contributed by atoms with Crippen molar-refractivity contribution >= 4 is 39.9 Å². The first-order valence-corrected chi connectivity index (χ1v) is 9.68. The number of aromatic nitrogens is 2. The second kappa shape index (κ2) is 7.10. The number of halogens is 2. The molecule has 1 saturated heterocycles. The average molecular weight is 389 g/mol. The smallest absolute Gasteiger partial charge is 0.0964 e. The van der Waals surface area contributed by atoms with Crippen molar-refractivity contribution in [3.8, 4) is 0 Å². The summed E-state index contributed by atoms with van der Waals surface area (Å²) in [4.78, 5) is 7.01. The third kappa shape index (κ3) is 3.29. The molecule has 1 aliphatic heterocycles. The van der Waals surface area contributed by atoms with Gasteiger partial charge in [0, 0.05) is 41.4 Å². The molecule has 2 atom stereocenters. The topological polar surface area (TPSA) is 33.1 Å². The van der Waals surface area contributed by atoms with Crippen LogP contribution in [-0.4, -0.2) is 35.2 Å². The second-order valence-electron chi connectivity index (χ2n) is 6.97. The van der Waals surface area contributed by atoms with Gasteiger partial charge >= 0.3 is 0 Å². The highest BCUT2D eigenvalue weighted by molar-refractivity contribution is 6.35. The van der Waals surface area contributed by atoms with E-state index in [1.54, 1.807) is 6.07 Å². The predicted octanol–water partition coefficient (Wildman–Crippen LogP) is 4.75. The van der Waals surface area contributed by atoms with Gasteiger partial charge in [0.1, 0.15) is 0 Å². The molecule has 6 heteroatoms. The van der Waals surface area contributed by atoms with Gasteiger partial charge in [-0.3, -0.25) is 0 Å². The third-order valence-corrected chi connectivity index (χ3v) is 5.68. The third-order valence-electron chi connectivity index (χ3n) is 5.12. The van der Waals surface area contributed by atoms with Crippen molar-refractivity contribution in [1.29, 1.82) is 0 Å². The van der Waals surface area contributed by atoms with Gasteiger partial charge in [0.25, 0.3) is 0 Å². The lowest BCUT2D eigenvalue weighted by molar-refractivity contribution is 0.485. The number of fused-ring (bicyclic) bond motifs is 1. The number of rotatable bonds is 3. The van der Waals surface area contributed by atoms with Gasteiger partial charge in [-0.15, -0.1) is 0 Å². The van der Waals surface area contributed by atoms with Crippen molar-refractivity contribution in [3.05, 3.63) is 58.3 Å². The SMILES string of the molecule is CC1CN(c2ccc3ncn([C@H](C)c4ccc(Cl)cc4Cl)c3c2)CCN1. The van der Waals surface area contributed by atoms with E-state index in [0.29, 0.717) is 16.1 Å². The molecule has 26 heavy (non-hydrogen) atoms. The van der Waals surface area contributed by atoms with Crippen LogP contribution in [0.2, 0.25) is 10.0 Å². The van der Waals surface area contributed by atoms with Gasteiger partial charge in [0.15, 0.2) is 0 Å². The molecule has 0 radical (unpaired) electrons. The van der Waals surface area contributed by atoms with Crippen LogP contribution in [0.3, 0.4) is 0 Å². The Bertz CT molecular complexity index is 937. The van der Waals surface area contributed by atoms with Crippen molar-refractivity contribution in [3.63, 3.8) is 0 Å². The largest absolute Gasteiger partial charge is 0.369 e. The Morgan fingerprint density at radius 1 is 1.19 bits per heavy atom. The van der Waals surface area contributed by atoms with Crippen molar-refractivity contribution in [2.75, 3.05) is 24.5 Å². The molecule has 1 aliphatic rings. The normalized spacial score (nSPS) is 19.1. The summed E-state index contributed by atoms with van der Waals surface area (Å²) in [6.07, 6.45) is 1.89. The Labute approximate surface area is 163 Å². The lowest BCUT2D eigenvalue weighted by Gasteiger charge is -2.33. The lowest BCUT2D eigenvalue weighted by Crippen LogP contribution is -2.49. The minimum absolute atomic E-state index is 0.0713. The van der Waals surface area contributed by atoms with Crippen LogP contribution < -0.4 is 10.2 Å². The van der Waals surface area contributed by atoms with E-state index in [0.717, 1.165) is 36.2 Å². The highest BCUT2D eigenvalue weighted by atomic mass is 35.5. The molecular formula is C20H22Cl2N4. The highest BCUT2D eigenvalue weighted by Gasteiger charge is 2.19. The summed E-state index contributed by atoms with van der Waals surface area (Å²) in [5.41, 5.74) is 4.39. The maximum atomic E-state index is 6.43. The van der Waals surface area contributed by atoms with Crippen molar-refractivity contribution < 1.29 is 0 Å². The lowest BCUT2D eigenvalue weighted by atomic mass is 10.1. The number of hydrogen-bond donors (Lipinski definition) is 1. The van der Waals surface area contributed by atoms with Crippen LogP contribution in [0.5, 0.6) is 0 Å². The van der Waals surface area contributed by atoms with Crippen LogP contribution in [0.25, 0.3) is 11.0 Å². The Kier molecular flexibility index (Phi) is 4.82. The average Bonchev–Trinajstić information content (AvgIpc) is 3.04. The minimum Gasteiger partial charge on any atom is -0.369 e.